The first-order valence-corrected chi connectivity index (χ1v) is 6.72. The molecule has 5 heteroatoms. The van der Waals surface area contributed by atoms with Crippen LogP contribution in [-0.2, 0) is 4.74 Å². The maximum absolute atomic E-state index is 11.5. The number of carbonyl (C=O) groups excluding carboxylic acids is 1. The highest BCUT2D eigenvalue weighted by Gasteiger charge is 2.38. The quantitative estimate of drug-likeness (QED) is 0.920. The molecule has 1 amide bonds. The van der Waals surface area contributed by atoms with E-state index in [0.29, 0.717) is 24.7 Å². The van der Waals surface area contributed by atoms with Gasteiger partial charge in [-0.05, 0) is 24.6 Å². The number of carbonyl (C=O) groups is 1. The van der Waals surface area contributed by atoms with Crippen LogP contribution in [0.25, 0.3) is 0 Å². The minimum Gasteiger partial charge on any atom is -0.493 e. The lowest BCUT2D eigenvalue weighted by atomic mass is 9.80. The predicted octanol–water partition coefficient (Wildman–Crippen LogP) is 2.90. The largest absolute Gasteiger partial charge is 0.493 e. The summed E-state index contributed by atoms with van der Waals surface area (Å²) in [5.41, 5.74) is 0.794. The second-order valence-corrected chi connectivity index (χ2v) is 5.49. The molecule has 1 aliphatic rings. The molecule has 0 radical (unpaired) electrons. The van der Waals surface area contributed by atoms with Gasteiger partial charge in [0.25, 0.3) is 0 Å². The van der Waals surface area contributed by atoms with Gasteiger partial charge in [0.15, 0.2) is 11.5 Å². The zero-order chi connectivity index (χ0) is 14.8. The molecule has 1 atom stereocenters. The van der Waals surface area contributed by atoms with Gasteiger partial charge >= 0.3 is 6.09 Å². The Morgan fingerprint density at radius 3 is 2.80 bits per heavy atom. The first-order valence-electron chi connectivity index (χ1n) is 6.72. The van der Waals surface area contributed by atoms with Gasteiger partial charge in [0.05, 0.1) is 19.8 Å². The van der Waals surface area contributed by atoms with Crippen molar-refractivity contribution in [1.29, 1.82) is 0 Å². The molecule has 20 heavy (non-hydrogen) atoms. The maximum atomic E-state index is 11.5. The molecule has 1 fully saturated rings. The van der Waals surface area contributed by atoms with Crippen molar-refractivity contribution in [3.63, 3.8) is 0 Å². The van der Waals surface area contributed by atoms with Gasteiger partial charge < -0.3 is 19.5 Å². The Kier molecular flexibility index (Phi) is 4.06. The fourth-order valence-corrected chi connectivity index (χ4v) is 2.37. The highest BCUT2D eigenvalue weighted by Crippen LogP contribution is 2.39. The van der Waals surface area contributed by atoms with Crippen molar-refractivity contribution in [2.24, 2.45) is 5.41 Å². The van der Waals surface area contributed by atoms with Crippen LogP contribution in [0.5, 0.6) is 11.5 Å². The number of methoxy groups -OCH3 is 1. The van der Waals surface area contributed by atoms with Crippen molar-refractivity contribution >= 4 is 6.09 Å². The highest BCUT2D eigenvalue weighted by atomic mass is 16.6. The minimum absolute atomic E-state index is 0.117. The molecule has 0 unspecified atom stereocenters. The number of cyclic esters (lactones) is 1. The molecule has 1 aromatic rings. The molecule has 0 saturated carbocycles. The van der Waals surface area contributed by atoms with Crippen molar-refractivity contribution in [3.8, 4) is 11.5 Å². The van der Waals surface area contributed by atoms with Crippen LogP contribution in [0.2, 0.25) is 0 Å². The van der Waals surface area contributed by atoms with Crippen LogP contribution < -0.4 is 14.8 Å². The Labute approximate surface area is 119 Å². The van der Waals surface area contributed by atoms with Gasteiger partial charge in [-0.3, -0.25) is 0 Å². The molecule has 1 aromatic carbocycles. The van der Waals surface area contributed by atoms with Crippen LogP contribution >= 0.6 is 0 Å². The zero-order valence-corrected chi connectivity index (χ0v) is 12.4. The van der Waals surface area contributed by atoms with Crippen LogP contribution in [0, 0.1) is 5.41 Å². The van der Waals surface area contributed by atoms with Crippen molar-refractivity contribution in [2.75, 3.05) is 20.3 Å². The molecule has 2 rings (SSSR count). The molecule has 1 aliphatic heterocycles. The normalized spacial score (nSPS) is 20.8. The molecular weight excluding hydrogens is 258 g/mol. The van der Waals surface area contributed by atoms with E-state index in [4.69, 9.17) is 14.2 Å². The average Bonchev–Trinajstić information content (AvgIpc) is 2.42. The summed E-state index contributed by atoms with van der Waals surface area (Å²) in [6.07, 6.45) is -0.386. The van der Waals surface area contributed by atoms with Gasteiger partial charge in [-0.25, -0.2) is 4.79 Å². The van der Waals surface area contributed by atoms with Crippen LogP contribution in [0.4, 0.5) is 4.79 Å². The minimum atomic E-state index is -0.386. The lowest BCUT2D eigenvalue weighted by Crippen LogP contribution is -2.46. The monoisotopic (exact) mass is 279 g/mol. The zero-order valence-electron chi connectivity index (χ0n) is 12.4. The predicted molar refractivity (Wildman–Crippen MR) is 75.2 cm³/mol. The number of ether oxygens (including phenoxy) is 3. The van der Waals surface area contributed by atoms with Crippen molar-refractivity contribution in [2.45, 2.75) is 26.8 Å². The third-order valence-corrected chi connectivity index (χ3v) is 3.44. The Morgan fingerprint density at radius 1 is 1.40 bits per heavy atom. The standard InChI is InChI=1S/C15H21NO4/c1-5-19-12-8-10(6-7-11(12)18-4)13-15(2,3)9-20-14(17)16-13/h6-8,13H,5,9H2,1-4H3,(H,16,17)/t13-/m0/s1. The second kappa shape index (κ2) is 5.61. The molecule has 1 N–H and O–H groups in total. The summed E-state index contributed by atoms with van der Waals surface area (Å²) < 4.78 is 15.9. The molecule has 5 nitrogen and oxygen atoms in total. The molecule has 1 heterocycles. The molecule has 0 bridgehead atoms. The van der Waals surface area contributed by atoms with Gasteiger partial charge in [0.2, 0.25) is 0 Å². The first kappa shape index (κ1) is 14.5. The molecule has 0 aliphatic carbocycles. The third kappa shape index (κ3) is 2.81. The van der Waals surface area contributed by atoms with Crippen molar-refractivity contribution in [3.05, 3.63) is 23.8 Å². The van der Waals surface area contributed by atoms with E-state index in [9.17, 15) is 4.79 Å². The van der Waals surface area contributed by atoms with E-state index >= 15 is 0 Å². The summed E-state index contributed by atoms with van der Waals surface area (Å²) in [5.74, 6) is 1.37. The number of amides is 1. The van der Waals surface area contributed by atoms with Crippen LogP contribution in [0.15, 0.2) is 18.2 Å². The number of hydrogen-bond acceptors (Lipinski definition) is 4. The first-order chi connectivity index (χ1) is 9.47. The van der Waals surface area contributed by atoms with E-state index in [1.165, 1.54) is 0 Å². The van der Waals surface area contributed by atoms with Gasteiger partial charge in [-0.1, -0.05) is 19.9 Å². The number of rotatable bonds is 4. The SMILES string of the molecule is CCOc1cc([C@@H]2NC(=O)OCC2(C)C)ccc1OC. The Morgan fingerprint density at radius 2 is 2.15 bits per heavy atom. The Hall–Kier alpha value is -1.91. The molecule has 0 spiro atoms. The van der Waals surface area contributed by atoms with E-state index in [0.717, 1.165) is 5.56 Å². The van der Waals surface area contributed by atoms with Gasteiger partial charge in [0, 0.05) is 5.41 Å². The topological polar surface area (TPSA) is 56.8 Å². The van der Waals surface area contributed by atoms with E-state index in [1.807, 2.05) is 25.1 Å². The Bertz CT molecular complexity index is 499. The molecule has 0 aromatic heterocycles. The second-order valence-electron chi connectivity index (χ2n) is 5.49. The summed E-state index contributed by atoms with van der Waals surface area (Å²) in [6, 6.07) is 5.60. The summed E-state index contributed by atoms with van der Waals surface area (Å²) in [5, 5.41) is 2.87. The molecule has 1 saturated heterocycles. The summed E-state index contributed by atoms with van der Waals surface area (Å²) in [6.45, 7) is 6.98. The molecule has 110 valence electrons. The Balaban J connectivity index is 2.35. The van der Waals surface area contributed by atoms with Gasteiger partial charge in [0.1, 0.15) is 6.61 Å². The van der Waals surface area contributed by atoms with E-state index in [-0.39, 0.29) is 17.6 Å². The maximum Gasteiger partial charge on any atom is 0.407 e. The van der Waals surface area contributed by atoms with E-state index in [2.05, 4.69) is 19.2 Å². The van der Waals surface area contributed by atoms with Crippen molar-refractivity contribution < 1.29 is 19.0 Å². The van der Waals surface area contributed by atoms with Gasteiger partial charge in [-0.15, -0.1) is 0 Å². The summed E-state index contributed by atoms with van der Waals surface area (Å²) in [4.78, 5) is 11.5. The fourth-order valence-electron chi connectivity index (χ4n) is 2.37. The average molecular weight is 279 g/mol. The summed E-state index contributed by atoms with van der Waals surface area (Å²) in [7, 11) is 1.61. The summed E-state index contributed by atoms with van der Waals surface area (Å²) >= 11 is 0. The number of benzene rings is 1. The van der Waals surface area contributed by atoms with E-state index in [1.54, 1.807) is 7.11 Å². The molecular formula is C15H21NO4. The fraction of sp³-hybridized carbons (Fsp3) is 0.533. The lowest BCUT2D eigenvalue weighted by Gasteiger charge is -2.38. The third-order valence-electron chi connectivity index (χ3n) is 3.44. The van der Waals surface area contributed by atoms with Crippen LogP contribution in [0.3, 0.4) is 0 Å². The van der Waals surface area contributed by atoms with E-state index < -0.39 is 0 Å². The van der Waals surface area contributed by atoms with Crippen LogP contribution in [-0.4, -0.2) is 26.4 Å². The van der Waals surface area contributed by atoms with Gasteiger partial charge in [-0.2, -0.15) is 0 Å². The lowest BCUT2D eigenvalue weighted by molar-refractivity contribution is 0.0386. The number of alkyl carbamates (subject to hydrolysis) is 1. The van der Waals surface area contributed by atoms with Crippen LogP contribution in [0.1, 0.15) is 32.4 Å². The highest BCUT2D eigenvalue weighted by molar-refractivity contribution is 5.69. The number of nitrogens with one attached hydrogen (secondary N) is 1. The van der Waals surface area contributed by atoms with Crippen molar-refractivity contribution in [1.82, 2.24) is 5.32 Å². The smallest absolute Gasteiger partial charge is 0.407 e. The number of hydrogen-bond donors (Lipinski definition) is 1.